The summed E-state index contributed by atoms with van der Waals surface area (Å²) >= 11 is 4.87. The Morgan fingerprint density at radius 1 is 0.604 bits per heavy atom. The summed E-state index contributed by atoms with van der Waals surface area (Å²) in [6.45, 7) is 1.81. The van der Waals surface area contributed by atoms with E-state index in [1.54, 1.807) is 63.7 Å². The number of benzene rings is 3. The summed E-state index contributed by atoms with van der Waals surface area (Å²) < 4.78 is 15.8. The summed E-state index contributed by atoms with van der Waals surface area (Å²) in [4.78, 5) is 40.3. The second kappa shape index (κ2) is 21.8. The number of ketones is 2. The molecule has 2 N–H and O–H groups in total. The van der Waals surface area contributed by atoms with Gasteiger partial charge < -0.3 is 24.8 Å². The molecule has 48 heavy (non-hydrogen) atoms. The summed E-state index contributed by atoms with van der Waals surface area (Å²) in [5.41, 5.74) is 3.35. The SMILES string of the molecule is CCC(=O)[C@H](CSCc1ccc(OC)cc1)NC(=O)[C@H](CSCc1ccc(OC)cc1)CC(=O)[C@H](CSCc1ccc(OC)cc1)NC. The zero-order valence-corrected chi connectivity index (χ0v) is 30.9. The Morgan fingerprint density at radius 2 is 1.00 bits per heavy atom. The van der Waals surface area contributed by atoms with Gasteiger partial charge in [-0.15, -0.1) is 0 Å². The van der Waals surface area contributed by atoms with Crippen molar-refractivity contribution in [2.75, 3.05) is 45.6 Å². The van der Waals surface area contributed by atoms with Crippen molar-refractivity contribution >= 4 is 52.8 Å². The maximum absolute atomic E-state index is 13.8. The lowest BCUT2D eigenvalue weighted by molar-refractivity contribution is -0.131. The fourth-order valence-corrected chi connectivity index (χ4v) is 8.06. The van der Waals surface area contributed by atoms with Crippen LogP contribution in [0.2, 0.25) is 0 Å². The standard InChI is InChI=1S/C37H48N2O6S3/c1-6-35(40)34(25-48-22-28-11-17-32(45-5)18-12-28)39-37(42)29(23-46-20-26-7-13-30(43-3)14-8-26)19-36(41)33(38-2)24-47-21-27-9-15-31(44-4)16-10-27/h7-18,29,33-34,38H,6,19-25H2,1-5H3,(H,39,42)/t29-,33-,34-/m0/s1. The number of hydrogen-bond acceptors (Lipinski definition) is 10. The number of methoxy groups -OCH3 is 3. The molecule has 0 bridgehead atoms. The summed E-state index contributed by atoms with van der Waals surface area (Å²) in [6.07, 6.45) is 0.402. The second-order valence-corrected chi connectivity index (χ2v) is 14.3. The van der Waals surface area contributed by atoms with Gasteiger partial charge >= 0.3 is 0 Å². The molecule has 0 spiro atoms. The zero-order valence-electron chi connectivity index (χ0n) is 28.5. The van der Waals surface area contributed by atoms with Crippen LogP contribution in [0.4, 0.5) is 0 Å². The second-order valence-electron chi connectivity index (χ2n) is 11.2. The molecule has 0 fully saturated rings. The van der Waals surface area contributed by atoms with Gasteiger partial charge in [-0.2, -0.15) is 35.3 Å². The van der Waals surface area contributed by atoms with E-state index in [0.29, 0.717) is 35.2 Å². The molecular formula is C37H48N2O6S3. The molecular weight excluding hydrogens is 665 g/mol. The minimum atomic E-state index is -0.630. The minimum Gasteiger partial charge on any atom is -0.497 e. The van der Waals surface area contributed by atoms with Crippen LogP contribution in [0, 0.1) is 5.92 Å². The average molecular weight is 713 g/mol. The Labute approximate surface area is 298 Å². The average Bonchev–Trinajstić information content (AvgIpc) is 3.12. The van der Waals surface area contributed by atoms with Gasteiger partial charge in [0.05, 0.1) is 39.3 Å². The van der Waals surface area contributed by atoms with Crippen molar-refractivity contribution in [1.29, 1.82) is 0 Å². The van der Waals surface area contributed by atoms with Crippen LogP contribution >= 0.6 is 35.3 Å². The van der Waals surface area contributed by atoms with E-state index in [1.165, 1.54) is 0 Å². The number of rotatable bonds is 23. The van der Waals surface area contributed by atoms with Gasteiger partial charge in [-0.3, -0.25) is 14.4 Å². The number of likely N-dealkylation sites (N-methyl/N-ethyl adjacent to an activating group) is 1. The van der Waals surface area contributed by atoms with E-state index in [0.717, 1.165) is 39.7 Å². The molecule has 1 amide bonds. The first kappa shape index (κ1) is 39.3. The number of hydrogen-bond donors (Lipinski definition) is 2. The highest BCUT2D eigenvalue weighted by molar-refractivity contribution is 7.99. The van der Waals surface area contributed by atoms with Gasteiger partial charge in [-0.25, -0.2) is 0 Å². The molecule has 0 saturated carbocycles. The van der Waals surface area contributed by atoms with Crippen LogP contribution in [0.25, 0.3) is 0 Å². The maximum atomic E-state index is 13.8. The van der Waals surface area contributed by atoms with Gasteiger partial charge in [0.15, 0.2) is 11.6 Å². The van der Waals surface area contributed by atoms with Crippen LogP contribution in [0.3, 0.4) is 0 Å². The van der Waals surface area contributed by atoms with Crippen molar-refractivity contribution < 1.29 is 28.6 Å². The van der Waals surface area contributed by atoms with Gasteiger partial charge in [0, 0.05) is 47.4 Å². The highest BCUT2D eigenvalue weighted by atomic mass is 32.2. The van der Waals surface area contributed by atoms with Gasteiger partial charge in [0.25, 0.3) is 0 Å². The third kappa shape index (κ3) is 13.4. The predicted octanol–water partition coefficient (Wildman–Crippen LogP) is 6.44. The lowest BCUT2D eigenvalue weighted by Gasteiger charge is -2.23. The first-order valence-electron chi connectivity index (χ1n) is 15.9. The molecule has 0 aliphatic heterocycles. The highest BCUT2D eigenvalue weighted by Gasteiger charge is 2.29. The molecule has 3 atom stereocenters. The van der Waals surface area contributed by atoms with Crippen LogP contribution in [-0.4, -0.2) is 75.2 Å². The fourth-order valence-electron chi connectivity index (χ4n) is 4.77. The van der Waals surface area contributed by atoms with Crippen LogP contribution in [0.5, 0.6) is 17.2 Å². The zero-order chi connectivity index (χ0) is 34.7. The van der Waals surface area contributed by atoms with Gasteiger partial charge in [0.1, 0.15) is 17.2 Å². The van der Waals surface area contributed by atoms with E-state index in [-0.39, 0.29) is 23.9 Å². The van der Waals surface area contributed by atoms with Crippen molar-refractivity contribution in [1.82, 2.24) is 10.6 Å². The Bertz CT molecular complexity index is 1400. The molecule has 260 valence electrons. The molecule has 3 aromatic carbocycles. The number of Topliss-reactive ketones (excluding diaryl/α,β-unsaturated/α-hetero) is 2. The topological polar surface area (TPSA) is 103 Å². The minimum absolute atomic E-state index is 0.0165. The first-order chi connectivity index (χ1) is 23.3. The first-order valence-corrected chi connectivity index (χ1v) is 19.4. The molecule has 0 aliphatic rings. The third-order valence-corrected chi connectivity index (χ3v) is 11.2. The van der Waals surface area contributed by atoms with E-state index in [4.69, 9.17) is 14.2 Å². The lowest BCUT2D eigenvalue weighted by Crippen LogP contribution is -2.47. The molecule has 0 saturated heterocycles. The monoisotopic (exact) mass is 712 g/mol. The lowest BCUT2D eigenvalue weighted by atomic mass is 9.99. The number of carbonyl (C=O) groups is 3. The Morgan fingerprint density at radius 3 is 1.38 bits per heavy atom. The smallest absolute Gasteiger partial charge is 0.225 e. The molecule has 0 heterocycles. The number of thioether (sulfide) groups is 3. The number of carbonyl (C=O) groups excluding carboxylic acids is 3. The number of nitrogens with one attached hydrogen (secondary N) is 2. The molecule has 0 radical (unpaired) electrons. The summed E-state index contributed by atoms with van der Waals surface area (Å²) in [5.74, 6) is 5.11. The van der Waals surface area contributed by atoms with Crippen molar-refractivity contribution in [3.63, 3.8) is 0 Å². The van der Waals surface area contributed by atoms with Gasteiger partial charge in [-0.1, -0.05) is 43.3 Å². The van der Waals surface area contributed by atoms with Crippen molar-refractivity contribution in [2.24, 2.45) is 5.92 Å². The van der Waals surface area contributed by atoms with Crippen molar-refractivity contribution in [3.8, 4) is 17.2 Å². The molecule has 8 nitrogen and oxygen atoms in total. The third-order valence-electron chi connectivity index (χ3n) is 7.78. The van der Waals surface area contributed by atoms with Crippen LogP contribution in [0.15, 0.2) is 72.8 Å². The molecule has 3 aromatic rings. The molecule has 0 aromatic heterocycles. The maximum Gasteiger partial charge on any atom is 0.225 e. The Balaban J connectivity index is 1.64. The number of amides is 1. The fraction of sp³-hybridized carbons (Fsp3) is 0.432. The molecule has 3 rings (SSSR count). The van der Waals surface area contributed by atoms with Gasteiger partial charge in [-0.05, 0) is 60.1 Å². The highest BCUT2D eigenvalue weighted by Crippen LogP contribution is 2.23. The van der Waals surface area contributed by atoms with Crippen LogP contribution in [-0.2, 0) is 31.6 Å². The summed E-state index contributed by atoms with van der Waals surface area (Å²) in [7, 11) is 6.69. The largest absolute Gasteiger partial charge is 0.497 e. The normalized spacial score (nSPS) is 12.9. The van der Waals surface area contributed by atoms with Crippen LogP contribution in [0.1, 0.15) is 36.5 Å². The molecule has 0 aliphatic carbocycles. The Kier molecular flexibility index (Phi) is 17.8. The predicted molar refractivity (Wildman–Crippen MR) is 201 cm³/mol. The Hall–Kier alpha value is -3.12. The van der Waals surface area contributed by atoms with E-state index in [2.05, 4.69) is 10.6 Å². The van der Waals surface area contributed by atoms with E-state index < -0.39 is 18.0 Å². The quantitative estimate of drug-likeness (QED) is 0.114. The summed E-state index contributed by atoms with van der Waals surface area (Å²) in [5, 5.41) is 6.18. The summed E-state index contributed by atoms with van der Waals surface area (Å²) in [6, 6.07) is 22.5. The van der Waals surface area contributed by atoms with E-state index in [1.807, 2.05) is 79.7 Å². The van der Waals surface area contributed by atoms with Crippen molar-refractivity contribution in [3.05, 3.63) is 89.5 Å². The molecule has 0 unspecified atom stereocenters. The van der Waals surface area contributed by atoms with Gasteiger partial charge in [0.2, 0.25) is 5.91 Å². The van der Waals surface area contributed by atoms with Crippen molar-refractivity contribution in [2.45, 2.75) is 49.1 Å². The van der Waals surface area contributed by atoms with E-state index >= 15 is 0 Å². The molecule has 11 heteroatoms. The van der Waals surface area contributed by atoms with E-state index in [9.17, 15) is 14.4 Å². The number of ether oxygens (including phenoxy) is 3. The van der Waals surface area contributed by atoms with Crippen LogP contribution < -0.4 is 24.8 Å².